The van der Waals surface area contributed by atoms with Gasteiger partial charge < -0.3 is 9.64 Å². The molecule has 0 saturated heterocycles. The minimum atomic E-state index is -4.83. The summed E-state index contributed by atoms with van der Waals surface area (Å²) in [4.78, 5) is 2.15. The fourth-order valence-corrected chi connectivity index (χ4v) is 5.39. The lowest BCUT2D eigenvalue weighted by molar-refractivity contribution is -0.274. The van der Waals surface area contributed by atoms with Crippen molar-refractivity contribution in [3.05, 3.63) is 83.9 Å². The highest BCUT2D eigenvalue weighted by Crippen LogP contribution is 2.36. The minimum absolute atomic E-state index is 0.0880. The van der Waals surface area contributed by atoms with Crippen molar-refractivity contribution in [3.63, 3.8) is 0 Å². The van der Waals surface area contributed by atoms with E-state index >= 15 is 0 Å². The zero-order valence-corrected chi connectivity index (χ0v) is 19.4. The molecule has 1 heterocycles. The molecule has 0 N–H and O–H groups in total. The lowest BCUT2D eigenvalue weighted by Gasteiger charge is -2.28. The molecule has 4 rings (SSSR count). The Balaban J connectivity index is 1.46. The van der Waals surface area contributed by atoms with Crippen molar-refractivity contribution in [1.29, 1.82) is 0 Å². The van der Waals surface area contributed by atoms with Crippen LogP contribution in [0.5, 0.6) is 5.75 Å². The Morgan fingerprint density at radius 1 is 0.882 bits per heavy atom. The second-order valence-corrected chi connectivity index (χ2v) is 10.2. The predicted octanol–water partition coefficient (Wildman–Crippen LogP) is 5.53. The summed E-state index contributed by atoms with van der Waals surface area (Å²) >= 11 is 0. The van der Waals surface area contributed by atoms with E-state index in [4.69, 9.17) is 0 Å². The summed E-state index contributed by atoms with van der Waals surface area (Å²) in [5.74, 6) is -0.465. The molecule has 0 unspecified atom stereocenters. The van der Waals surface area contributed by atoms with Gasteiger partial charge in [-0.15, -0.1) is 13.2 Å². The molecule has 0 fully saturated rings. The van der Waals surface area contributed by atoms with Crippen LogP contribution in [0.15, 0.2) is 77.7 Å². The average Bonchev–Trinajstić information content (AvgIpc) is 2.95. The highest BCUT2D eigenvalue weighted by Gasteiger charge is 2.31. The van der Waals surface area contributed by atoms with Crippen molar-refractivity contribution in [3.8, 4) is 5.75 Å². The number of alkyl halides is 3. The van der Waals surface area contributed by atoms with Gasteiger partial charge >= 0.3 is 6.36 Å². The molecule has 34 heavy (non-hydrogen) atoms. The monoisotopic (exact) mass is 490 g/mol. The van der Waals surface area contributed by atoms with Gasteiger partial charge in [0.05, 0.1) is 4.90 Å². The first-order valence-electron chi connectivity index (χ1n) is 10.9. The summed E-state index contributed by atoms with van der Waals surface area (Å²) in [6, 6.07) is 20.7. The maximum absolute atomic E-state index is 12.9. The average molecular weight is 491 g/mol. The van der Waals surface area contributed by atoms with E-state index in [1.807, 2.05) is 24.3 Å². The first kappa shape index (κ1) is 24.1. The Morgan fingerprint density at radius 2 is 1.41 bits per heavy atom. The number of nitrogens with zero attached hydrogens (tertiary/aromatic N) is 2. The third-order valence-corrected chi connectivity index (χ3v) is 7.72. The van der Waals surface area contributed by atoms with Gasteiger partial charge in [0, 0.05) is 31.5 Å². The summed E-state index contributed by atoms with van der Waals surface area (Å²) < 4.78 is 67.9. The number of anilines is 2. The van der Waals surface area contributed by atoms with Gasteiger partial charge in [-0.2, -0.15) is 0 Å². The molecule has 9 heteroatoms. The molecule has 3 aromatic carbocycles. The number of rotatable bonds is 7. The quantitative estimate of drug-likeness (QED) is 0.437. The van der Waals surface area contributed by atoms with Crippen LogP contribution in [-0.2, 0) is 22.9 Å². The van der Waals surface area contributed by atoms with E-state index in [0.29, 0.717) is 13.0 Å². The van der Waals surface area contributed by atoms with E-state index in [2.05, 4.69) is 33.9 Å². The van der Waals surface area contributed by atoms with Crippen LogP contribution >= 0.6 is 0 Å². The Labute approximate surface area is 197 Å². The van der Waals surface area contributed by atoms with E-state index in [1.165, 1.54) is 22.5 Å². The second-order valence-electron chi connectivity index (χ2n) is 8.11. The summed E-state index contributed by atoms with van der Waals surface area (Å²) in [5.41, 5.74) is 4.75. The number of fused-ring (bicyclic) bond motifs is 2. The molecule has 0 atom stereocenters. The highest BCUT2D eigenvalue weighted by molar-refractivity contribution is 7.89. The molecule has 0 aliphatic carbocycles. The number of aryl methyl sites for hydroxylation is 2. The lowest BCUT2D eigenvalue weighted by Crippen LogP contribution is -2.30. The fraction of sp³-hybridized carbons (Fsp3) is 0.280. The fourth-order valence-electron chi connectivity index (χ4n) is 4.18. The van der Waals surface area contributed by atoms with Crippen LogP contribution in [0.2, 0.25) is 0 Å². The van der Waals surface area contributed by atoms with E-state index in [0.717, 1.165) is 48.5 Å². The molecule has 5 nitrogen and oxygen atoms in total. The van der Waals surface area contributed by atoms with Gasteiger partial charge in [0.1, 0.15) is 5.75 Å². The van der Waals surface area contributed by atoms with Gasteiger partial charge in [-0.05, 0) is 66.8 Å². The second kappa shape index (κ2) is 9.68. The van der Waals surface area contributed by atoms with Crippen LogP contribution in [0.4, 0.5) is 24.5 Å². The summed E-state index contributed by atoms with van der Waals surface area (Å²) in [5, 5.41) is 0. The van der Waals surface area contributed by atoms with Crippen LogP contribution in [-0.4, -0.2) is 39.2 Å². The molecule has 1 aliphatic rings. The normalized spacial score (nSPS) is 13.9. The molecule has 0 amide bonds. The van der Waals surface area contributed by atoms with Gasteiger partial charge in [0.2, 0.25) is 10.0 Å². The molecule has 0 bridgehead atoms. The van der Waals surface area contributed by atoms with Crippen LogP contribution in [0.3, 0.4) is 0 Å². The molecule has 1 aliphatic heterocycles. The van der Waals surface area contributed by atoms with Gasteiger partial charge in [0.15, 0.2) is 0 Å². The molecular formula is C25H25F3N2O3S. The SMILES string of the molecule is CN(CCCN1c2ccccc2CCc2ccccc21)S(=O)(=O)c1ccc(OC(F)(F)F)cc1. The van der Waals surface area contributed by atoms with Crippen LogP contribution < -0.4 is 9.64 Å². The van der Waals surface area contributed by atoms with E-state index in [9.17, 15) is 21.6 Å². The van der Waals surface area contributed by atoms with Crippen molar-refractivity contribution < 1.29 is 26.3 Å². The van der Waals surface area contributed by atoms with Crippen molar-refractivity contribution in [2.75, 3.05) is 25.0 Å². The topological polar surface area (TPSA) is 49.9 Å². The molecule has 3 aromatic rings. The molecule has 180 valence electrons. The standard InChI is InChI=1S/C25H25F3N2O3S/c1-29(34(31,32)22-15-13-21(14-16-22)33-25(26,27)28)17-6-18-30-23-9-4-2-7-19(23)11-12-20-8-3-5-10-24(20)30/h2-5,7-10,13-16H,6,11-12,17-18H2,1H3. The summed E-state index contributed by atoms with van der Waals surface area (Å²) in [7, 11) is -2.38. The molecule has 0 saturated carbocycles. The number of hydrogen-bond donors (Lipinski definition) is 0. The predicted molar refractivity (Wildman–Crippen MR) is 125 cm³/mol. The number of para-hydroxylation sites is 2. The number of ether oxygens (including phenoxy) is 1. The zero-order valence-electron chi connectivity index (χ0n) is 18.6. The largest absolute Gasteiger partial charge is 0.573 e. The number of halogens is 3. The van der Waals surface area contributed by atoms with Crippen molar-refractivity contribution in [1.82, 2.24) is 4.31 Å². The van der Waals surface area contributed by atoms with Crippen LogP contribution in [0.25, 0.3) is 0 Å². The Kier molecular flexibility index (Phi) is 6.86. The number of sulfonamides is 1. The molecular weight excluding hydrogens is 465 g/mol. The van der Waals surface area contributed by atoms with E-state index in [1.54, 1.807) is 0 Å². The van der Waals surface area contributed by atoms with Gasteiger partial charge in [-0.25, -0.2) is 12.7 Å². The Bertz CT molecular complexity index is 1200. The number of hydrogen-bond acceptors (Lipinski definition) is 4. The first-order chi connectivity index (χ1) is 16.1. The maximum atomic E-state index is 12.9. The van der Waals surface area contributed by atoms with Crippen molar-refractivity contribution in [2.45, 2.75) is 30.5 Å². The third kappa shape index (κ3) is 5.37. The Morgan fingerprint density at radius 3 is 1.94 bits per heavy atom. The third-order valence-electron chi connectivity index (χ3n) is 5.85. The maximum Gasteiger partial charge on any atom is 0.573 e. The molecule has 0 radical (unpaired) electrons. The molecule has 0 aromatic heterocycles. The van der Waals surface area contributed by atoms with Gasteiger partial charge in [0.25, 0.3) is 0 Å². The van der Waals surface area contributed by atoms with E-state index < -0.39 is 22.1 Å². The lowest BCUT2D eigenvalue weighted by atomic mass is 10.0. The highest BCUT2D eigenvalue weighted by atomic mass is 32.2. The van der Waals surface area contributed by atoms with Crippen LogP contribution in [0.1, 0.15) is 17.5 Å². The van der Waals surface area contributed by atoms with E-state index in [-0.39, 0.29) is 11.4 Å². The Hall–Kier alpha value is -3.04. The van der Waals surface area contributed by atoms with Crippen LogP contribution in [0, 0.1) is 0 Å². The zero-order chi connectivity index (χ0) is 24.3. The summed E-state index contributed by atoms with van der Waals surface area (Å²) in [6.45, 7) is 0.871. The smallest absolute Gasteiger partial charge is 0.406 e. The van der Waals surface area contributed by atoms with Gasteiger partial charge in [-0.3, -0.25) is 0 Å². The van der Waals surface area contributed by atoms with Crippen molar-refractivity contribution >= 4 is 21.4 Å². The minimum Gasteiger partial charge on any atom is -0.406 e. The van der Waals surface area contributed by atoms with Crippen molar-refractivity contribution in [2.24, 2.45) is 0 Å². The summed E-state index contributed by atoms with van der Waals surface area (Å²) in [6.07, 6.45) is -2.40. The first-order valence-corrected chi connectivity index (χ1v) is 12.3. The number of benzene rings is 3. The van der Waals surface area contributed by atoms with Gasteiger partial charge in [-0.1, -0.05) is 36.4 Å². The molecule has 0 spiro atoms.